The van der Waals surface area contributed by atoms with E-state index in [4.69, 9.17) is 16.3 Å². The van der Waals surface area contributed by atoms with Crippen LogP contribution in [0.2, 0.25) is 5.02 Å². The van der Waals surface area contributed by atoms with Gasteiger partial charge in [-0.2, -0.15) is 0 Å². The molecule has 0 saturated carbocycles. The predicted molar refractivity (Wildman–Crippen MR) is 138 cm³/mol. The fourth-order valence-electron chi connectivity index (χ4n) is 3.18. The van der Waals surface area contributed by atoms with Gasteiger partial charge in [0, 0.05) is 20.7 Å². The fraction of sp³-hybridized carbons (Fsp3) is 0.0800. The number of rotatable bonds is 7. The van der Waals surface area contributed by atoms with Crippen LogP contribution >= 0.6 is 39.3 Å². The minimum atomic E-state index is -0.391. The average Bonchev–Trinajstić information content (AvgIpc) is 3.08. The Balaban J connectivity index is 1.48. The number of ether oxygens (including phenoxy) is 1. The SMILES string of the molecule is O=C(COc1ccc(Br)cc1/C=C1\SC(=O)N(Cc2ccc(Cl)cc2)C1=O)Nc1ccccc1. The van der Waals surface area contributed by atoms with Crippen molar-refractivity contribution in [1.29, 1.82) is 0 Å². The molecule has 1 aliphatic heterocycles. The van der Waals surface area contributed by atoms with E-state index in [1.807, 2.05) is 18.2 Å². The maximum absolute atomic E-state index is 12.9. The highest BCUT2D eigenvalue weighted by atomic mass is 79.9. The highest BCUT2D eigenvalue weighted by Crippen LogP contribution is 2.35. The number of hydrogen-bond donors (Lipinski definition) is 1. The third-order valence-corrected chi connectivity index (χ3v) is 6.45. The van der Waals surface area contributed by atoms with E-state index < -0.39 is 5.91 Å². The van der Waals surface area contributed by atoms with E-state index in [9.17, 15) is 14.4 Å². The first-order valence-corrected chi connectivity index (χ1v) is 12.1. The molecule has 0 spiro atoms. The number of halogens is 2. The summed E-state index contributed by atoms with van der Waals surface area (Å²) in [5.41, 5.74) is 2.03. The monoisotopic (exact) mass is 556 g/mol. The zero-order chi connectivity index (χ0) is 24.1. The van der Waals surface area contributed by atoms with Crippen LogP contribution in [0.5, 0.6) is 5.75 Å². The molecule has 1 N–H and O–H groups in total. The summed E-state index contributed by atoms with van der Waals surface area (Å²) in [6, 6.07) is 21.3. The summed E-state index contributed by atoms with van der Waals surface area (Å²) in [4.78, 5) is 39.2. The Morgan fingerprint density at radius 1 is 1.06 bits per heavy atom. The summed E-state index contributed by atoms with van der Waals surface area (Å²) in [7, 11) is 0. The maximum atomic E-state index is 12.9. The van der Waals surface area contributed by atoms with Crippen molar-refractivity contribution in [3.63, 3.8) is 0 Å². The summed E-state index contributed by atoms with van der Waals surface area (Å²) in [6.45, 7) is -0.0594. The quantitative estimate of drug-likeness (QED) is 0.342. The molecule has 9 heteroatoms. The third-order valence-electron chi connectivity index (χ3n) is 4.80. The topological polar surface area (TPSA) is 75.7 Å². The average molecular weight is 558 g/mol. The largest absolute Gasteiger partial charge is 0.483 e. The number of nitrogens with one attached hydrogen (secondary N) is 1. The van der Waals surface area contributed by atoms with Gasteiger partial charge in [-0.3, -0.25) is 19.3 Å². The molecule has 172 valence electrons. The molecular weight excluding hydrogens is 540 g/mol. The number of benzene rings is 3. The van der Waals surface area contributed by atoms with Crippen molar-refractivity contribution in [3.8, 4) is 5.75 Å². The van der Waals surface area contributed by atoms with Gasteiger partial charge in [-0.05, 0) is 65.9 Å². The molecule has 1 aliphatic rings. The zero-order valence-electron chi connectivity index (χ0n) is 17.7. The molecule has 3 aromatic rings. The summed E-state index contributed by atoms with van der Waals surface area (Å²) in [6.07, 6.45) is 1.60. The number of para-hydroxylation sites is 1. The van der Waals surface area contributed by atoms with Gasteiger partial charge in [-0.25, -0.2) is 0 Å². The number of imide groups is 1. The van der Waals surface area contributed by atoms with E-state index in [-0.39, 0.29) is 29.2 Å². The van der Waals surface area contributed by atoms with Gasteiger partial charge in [-0.15, -0.1) is 0 Å². The van der Waals surface area contributed by atoms with Crippen molar-refractivity contribution >= 4 is 68.1 Å². The highest BCUT2D eigenvalue weighted by molar-refractivity contribution is 9.10. The first-order chi connectivity index (χ1) is 16.4. The zero-order valence-corrected chi connectivity index (χ0v) is 20.8. The van der Waals surface area contributed by atoms with Gasteiger partial charge in [0.05, 0.1) is 11.4 Å². The molecule has 34 heavy (non-hydrogen) atoms. The van der Waals surface area contributed by atoms with E-state index in [2.05, 4.69) is 21.2 Å². The third kappa shape index (κ3) is 6.08. The smallest absolute Gasteiger partial charge is 0.293 e. The Bertz CT molecular complexity index is 1270. The summed E-state index contributed by atoms with van der Waals surface area (Å²) < 4.78 is 6.49. The summed E-state index contributed by atoms with van der Waals surface area (Å²) in [5, 5.41) is 2.98. The first-order valence-electron chi connectivity index (χ1n) is 10.2. The lowest BCUT2D eigenvalue weighted by Crippen LogP contribution is -2.27. The van der Waals surface area contributed by atoms with E-state index >= 15 is 0 Å². The number of carbonyl (C=O) groups excluding carboxylic acids is 3. The molecule has 0 unspecified atom stereocenters. The molecule has 3 amide bonds. The Hall–Kier alpha value is -3.07. The minimum Gasteiger partial charge on any atom is -0.483 e. The molecule has 6 nitrogen and oxygen atoms in total. The van der Waals surface area contributed by atoms with Crippen molar-refractivity contribution in [2.75, 3.05) is 11.9 Å². The molecule has 1 saturated heterocycles. The molecule has 0 aliphatic carbocycles. The Morgan fingerprint density at radius 2 is 1.79 bits per heavy atom. The maximum Gasteiger partial charge on any atom is 0.293 e. The molecule has 1 fully saturated rings. The number of hydrogen-bond acceptors (Lipinski definition) is 5. The fourth-order valence-corrected chi connectivity index (χ4v) is 4.51. The Labute approximate surface area is 214 Å². The second kappa shape index (κ2) is 10.9. The van der Waals surface area contributed by atoms with Gasteiger partial charge in [0.2, 0.25) is 0 Å². The second-order valence-corrected chi connectivity index (χ2v) is 9.62. The van der Waals surface area contributed by atoms with Crippen LogP contribution in [-0.4, -0.2) is 28.6 Å². The predicted octanol–water partition coefficient (Wildman–Crippen LogP) is 6.36. The lowest BCUT2D eigenvalue weighted by Gasteiger charge is -2.12. The lowest BCUT2D eigenvalue weighted by molar-refractivity contribution is -0.123. The van der Waals surface area contributed by atoms with Crippen LogP contribution in [0.25, 0.3) is 6.08 Å². The lowest BCUT2D eigenvalue weighted by atomic mass is 10.1. The molecule has 1 heterocycles. The van der Waals surface area contributed by atoms with E-state index in [1.165, 1.54) is 4.90 Å². The van der Waals surface area contributed by atoms with Crippen molar-refractivity contribution in [3.05, 3.63) is 98.3 Å². The molecule has 0 aromatic heterocycles. The molecule has 3 aromatic carbocycles. The molecule has 0 bridgehead atoms. The number of nitrogens with zero attached hydrogens (tertiary/aromatic N) is 1. The summed E-state index contributed by atoms with van der Waals surface area (Å²) >= 11 is 10.2. The van der Waals surface area contributed by atoms with E-state index in [1.54, 1.807) is 60.7 Å². The van der Waals surface area contributed by atoms with Crippen molar-refractivity contribution < 1.29 is 19.1 Å². The van der Waals surface area contributed by atoms with Gasteiger partial charge in [0.1, 0.15) is 5.75 Å². The van der Waals surface area contributed by atoms with Gasteiger partial charge >= 0.3 is 0 Å². The van der Waals surface area contributed by atoms with Crippen LogP contribution in [0.1, 0.15) is 11.1 Å². The van der Waals surface area contributed by atoms with Crippen LogP contribution in [0, 0.1) is 0 Å². The van der Waals surface area contributed by atoms with Gasteiger partial charge in [0.25, 0.3) is 17.1 Å². The number of carbonyl (C=O) groups is 3. The van der Waals surface area contributed by atoms with Gasteiger partial charge < -0.3 is 10.1 Å². The second-order valence-electron chi connectivity index (χ2n) is 7.28. The Kier molecular flexibility index (Phi) is 7.72. The molecule has 0 radical (unpaired) electrons. The summed E-state index contributed by atoms with van der Waals surface area (Å²) in [5.74, 6) is -0.294. The molecular formula is C25H18BrClN2O4S. The standard InChI is InChI=1S/C25H18BrClN2O4S/c26-18-8-11-21(33-15-23(30)28-20-4-2-1-3-5-20)17(12-18)13-22-24(31)29(25(32)34-22)14-16-6-9-19(27)10-7-16/h1-13H,14-15H2,(H,28,30)/b22-13-. The highest BCUT2D eigenvalue weighted by Gasteiger charge is 2.35. The van der Waals surface area contributed by atoms with Crippen LogP contribution < -0.4 is 10.1 Å². The number of amides is 3. The minimum absolute atomic E-state index is 0.153. The molecule has 4 rings (SSSR count). The van der Waals surface area contributed by atoms with Crippen molar-refractivity contribution in [2.24, 2.45) is 0 Å². The molecule has 0 atom stereocenters. The van der Waals surface area contributed by atoms with E-state index in [0.29, 0.717) is 22.0 Å². The van der Waals surface area contributed by atoms with Gasteiger partial charge in [0.15, 0.2) is 6.61 Å². The number of thioether (sulfide) groups is 1. The van der Waals surface area contributed by atoms with Crippen LogP contribution in [-0.2, 0) is 16.1 Å². The van der Waals surface area contributed by atoms with Crippen molar-refractivity contribution in [2.45, 2.75) is 6.54 Å². The first kappa shape index (κ1) is 24.1. The van der Waals surface area contributed by atoms with Crippen LogP contribution in [0.3, 0.4) is 0 Å². The van der Waals surface area contributed by atoms with Crippen LogP contribution in [0.4, 0.5) is 10.5 Å². The van der Waals surface area contributed by atoms with E-state index in [0.717, 1.165) is 21.8 Å². The Morgan fingerprint density at radius 3 is 2.53 bits per heavy atom. The van der Waals surface area contributed by atoms with Crippen molar-refractivity contribution in [1.82, 2.24) is 4.90 Å². The van der Waals surface area contributed by atoms with Crippen LogP contribution in [0.15, 0.2) is 82.2 Å². The number of anilines is 1. The normalized spacial score (nSPS) is 14.5. The van der Waals surface area contributed by atoms with Gasteiger partial charge in [-0.1, -0.05) is 57.9 Å².